The standard InChI is InChI=1S/C23H21NO5S/c1-28-17-12-13-22(16-25,30(26,27)18-8-4-3-5-9-18)23(14-17,29-2)20-15-24-21-11-7-6-10-19(20)21/h3-16,24H,1-2H3. The van der Waals surface area contributed by atoms with Crippen LogP contribution in [0.1, 0.15) is 5.56 Å². The van der Waals surface area contributed by atoms with Gasteiger partial charge in [-0.2, -0.15) is 0 Å². The van der Waals surface area contributed by atoms with Crippen molar-refractivity contribution in [1.29, 1.82) is 0 Å². The number of carbonyl (C=O) groups excluding carboxylic acids is 1. The lowest BCUT2D eigenvalue weighted by atomic mass is 9.77. The quantitative estimate of drug-likeness (QED) is 0.613. The summed E-state index contributed by atoms with van der Waals surface area (Å²) >= 11 is 0. The van der Waals surface area contributed by atoms with Crippen molar-refractivity contribution in [2.45, 2.75) is 15.2 Å². The van der Waals surface area contributed by atoms with Crippen LogP contribution in [0.3, 0.4) is 0 Å². The van der Waals surface area contributed by atoms with Gasteiger partial charge in [-0.3, -0.25) is 0 Å². The summed E-state index contributed by atoms with van der Waals surface area (Å²) in [6.45, 7) is 0. The van der Waals surface area contributed by atoms with E-state index in [4.69, 9.17) is 9.47 Å². The molecule has 2 aromatic carbocycles. The summed E-state index contributed by atoms with van der Waals surface area (Å²) in [7, 11) is -1.34. The van der Waals surface area contributed by atoms with Crippen LogP contribution in [0.25, 0.3) is 10.9 Å². The number of para-hydroxylation sites is 1. The number of aromatic amines is 1. The highest BCUT2D eigenvalue weighted by atomic mass is 32.2. The Morgan fingerprint density at radius 2 is 1.70 bits per heavy atom. The van der Waals surface area contributed by atoms with Gasteiger partial charge < -0.3 is 19.3 Å². The van der Waals surface area contributed by atoms with Crippen LogP contribution >= 0.6 is 0 Å². The van der Waals surface area contributed by atoms with Crippen LogP contribution in [0.2, 0.25) is 0 Å². The topological polar surface area (TPSA) is 85.5 Å². The average Bonchev–Trinajstić information content (AvgIpc) is 3.23. The minimum atomic E-state index is -4.21. The molecular formula is C23H21NO5S. The van der Waals surface area contributed by atoms with E-state index < -0.39 is 20.2 Å². The number of sulfone groups is 1. The zero-order valence-corrected chi connectivity index (χ0v) is 17.3. The second-order valence-electron chi connectivity index (χ2n) is 7.00. The normalized spacial score (nSPS) is 23.9. The average molecular weight is 423 g/mol. The fourth-order valence-corrected chi connectivity index (χ4v) is 6.02. The molecule has 1 aliphatic carbocycles. The van der Waals surface area contributed by atoms with Gasteiger partial charge in [-0.15, -0.1) is 0 Å². The van der Waals surface area contributed by atoms with Gasteiger partial charge in [0.1, 0.15) is 17.6 Å². The van der Waals surface area contributed by atoms with Crippen molar-refractivity contribution in [2.75, 3.05) is 14.2 Å². The second-order valence-corrected chi connectivity index (χ2v) is 9.15. The smallest absolute Gasteiger partial charge is 0.198 e. The summed E-state index contributed by atoms with van der Waals surface area (Å²) in [5.74, 6) is 0.392. The lowest BCUT2D eigenvalue weighted by molar-refractivity contribution is -0.115. The molecule has 0 saturated heterocycles. The number of ether oxygens (including phenoxy) is 2. The first-order valence-electron chi connectivity index (χ1n) is 9.29. The Kier molecular flexibility index (Phi) is 4.88. The van der Waals surface area contributed by atoms with Crippen molar-refractivity contribution in [2.24, 2.45) is 0 Å². The van der Waals surface area contributed by atoms with Gasteiger partial charge in [0.2, 0.25) is 0 Å². The van der Waals surface area contributed by atoms with E-state index in [2.05, 4.69) is 4.98 Å². The number of benzene rings is 2. The van der Waals surface area contributed by atoms with E-state index in [9.17, 15) is 13.2 Å². The molecule has 2 atom stereocenters. The predicted molar refractivity (Wildman–Crippen MR) is 114 cm³/mol. The molecule has 1 aromatic heterocycles. The van der Waals surface area contributed by atoms with Gasteiger partial charge in [-0.1, -0.05) is 36.4 Å². The minimum Gasteiger partial charge on any atom is -0.497 e. The number of nitrogens with one attached hydrogen (secondary N) is 1. The van der Waals surface area contributed by atoms with Gasteiger partial charge >= 0.3 is 0 Å². The molecule has 2 unspecified atom stereocenters. The number of hydrogen-bond acceptors (Lipinski definition) is 5. The van der Waals surface area contributed by atoms with Crippen LogP contribution in [0, 0.1) is 0 Å². The molecule has 0 spiro atoms. The molecule has 0 fully saturated rings. The molecule has 0 aliphatic heterocycles. The third-order valence-electron chi connectivity index (χ3n) is 5.64. The van der Waals surface area contributed by atoms with Gasteiger partial charge in [0.25, 0.3) is 0 Å². The van der Waals surface area contributed by atoms with E-state index in [0.717, 1.165) is 10.9 Å². The Balaban J connectivity index is 2.10. The first-order chi connectivity index (χ1) is 14.5. The lowest BCUT2D eigenvalue weighted by Gasteiger charge is -2.44. The van der Waals surface area contributed by atoms with Crippen molar-refractivity contribution in [1.82, 2.24) is 4.98 Å². The van der Waals surface area contributed by atoms with Gasteiger partial charge in [0.15, 0.2) is 14.6 Å². The highest BCUT2D eigenvalue weighted by Crippen LogP contribution is 2.50. The molecule has 1 N–H and O–H groups in total. The summed E-state index contributed by atoms with van der Waals surface area (Å²) in [5, 5.41) is 0.746. The zero-order chi connectivity index (χ0) is 21.4. The first kappa shape index (κ1) is 20.1. The lowest BCUT2D eigenvalue weighted by Crippen LogP contribution is -2.58. The van der Waals surface area contributed by atoms with E-state index in [1.54, 1.807) is 30.5 Å². The Bertz CT molecular complexity index is 1260. The van der Waals surface area contributed by atoms with Crippen LogP contribution in [0.5, 0.6) is 0 Å². The fraction of sp³-hybridized carbons (Fsp3) is 0.174. The molecule has 0 radical (unpaired) electrons. The molecule has 1 aliphatic rings. The van der Waals surface area contributed by atoms with Crippen molar-refractivity contribution in [3.05, 3.63) is 90.3 Å². The van der Waals surface area contributed by atoms with E-state index in [1.165, 1.54) is 38.5 Å². The molecule has 7 heteroatoms. The third-order valence-corrected chi connectivity index (χ3v) is 7.96. The molecule has 30 heavy (non-hydrogen) atoms. The maximum Gasteiger partial charge on any atom is 0.198 e. The number of allylic oxidation sites excluding steroid dienone is 1. The van der Waals surface area contributed by atoms with Crippen LogP contribution < -0.4 is 0 Å². The SMILES string of the molecule is COC1=CC(OC)(c2c[nH]c3ccccc23)C(C=O)(S(=O)(=O)c2ccccc2)C=C1. The Morgan fingerprint density at radius 1 is 1.00 bits per heavy atom. The zero-order valence-electron chi connectivity index (χ0n) is 16.5. The maximum absolute atomic E-state index is 13.9. The molecule has 3 aromatic rings. The highest BCUT2D eigenvalue weighted by molar-refractivity contribution is 7.93. The monoisotopic (exact) mass is 423 g/mol. The fourth-order valence-electron chi connectivity index (χ4n) is 4.09. The highest BCUT2D eigenvalue weighted by Gasteiger charge is 2.62. The predicted octanol–water partition coefficient (Wildman–Crippen LogP) is 3.52. The largest absolute Gasteiger partial charge is 0.497 e. The van der Waals surface area contributed by atoms with E-state index in [0.29, 0.717) is 17.6 Å². The van der Waals surface area contributed by atoms with Crippen LogP contribution in [-0.2, 0) is 29.7 Å². The maximum atomic E-state index is 13.9. The van der Waals surface area contributed by atoms with Crippen molar-refractivity contribution in [3.63, 3.8) is 0 Å². The molecule has 1 heterocycles. The van der Waals surface area contributed by atoms with Crippen LogP contribution in [0.4, 0.5) is 0 Å². The summed E-state index contributed by atoms with van der Waals surface area (Å²) in [6, 6.07) is 15.3. The number of H-pyrrole nitrogens is 1. The molecule has 0 amide bonds. The van der Waals surface area contributed by atoms with Crippen LogP contribution in [0.15, 0.2) is 89.7 Å². The summed E-state index contributed by atoms with van der Waals surface area (Å²) < 4.78 is 37.1. The number of fused-ring (bicyclic) bond motifs is 1. The molecule has 0 bridgehead atoms. The summed E-state index contributed by atoms with van der Waals surface area (Å²) in [4.78, 5) is 15.9. The van der Waals surface area contributed by atoms with E-state index in [1.807, 2.05) is 24.3 Å². The number of methoxy groups -OCH3 is 2. The first-order valence-corrected chi connectivity index (χ1v) is 10.8. The number of hydrogen-bond donors (Lipinski definition) is 1. The van der Waals surface area contributed by atoms with Crippen molar-refractivity contribution in [3.8, 4) is 0 Å². The molecule has 0 saturated carbocycles. The molecular weight excluding hydrogens is 402 g/mol. The van der Waals surface area contributed by atoms with E-state index in [-0.39, 0.29) is 4.90 Å². The van der Waals surface area contributed by atoms with Gasteiger partial charge in [0.05, 0.1) is 12.0 Å². The Labute approximate surface area is 174 Å². The molecule has 6 nitrogen and oxygen atoms in total. The van der Waals surface area contributed by atoms with Gasteiger partial charge in [-0.05, 0) is 36.4 Å². The second kappa shape index (κ2) is 7.27. The number of aromatic nitrogens is 1. The number of rotatable bonds is 6. The Hall–Kier alpha value is -3.16. The van der Waals surface area contributed by atoms with Crippen LogP contribution in [-0.4, -0.2) is 38.7 Å². The van der Waals surface area contributed by atoms with E-state index >= 15 is 0 Å². The van der Waals surface area contributed by atoms with Gasteiger partial charge in [-0.25, -0.2) is 8.42 Å². The summed E-state index contributed by atoms with van der Waals surface area (Å²) in [5.41, 5.74) is -0.350. The van der Waals surface area contributed by atoms with Crippen molar-refractivity contribution >= 4 is 27.0 Å². The van der Waals surface area contributed by atoms with Gasteiger partial charge in [0, 0.05) is 29.8 Å². The molecule has 4 rings (SSSR count). The number of aldehydes is 1. The Morgan fingerprint density at radius 3 is 2.37 bits per heavy atom. The number of carbonyl (C=O) groups is 1. The third kappa shape index (κ3) is 2.59. The molecule has 154 valence electrons. The summed E-state index contributed by atoms with van der Waals surface area (Å²) in [6.07, 6.45) is 6.51. The minimum absolute atomic E-state index is 0.0253. The van der Waals surface area contributed by atoms with Crippen molar-refractivity contribution < 1.29 is 22.7 Å².